The van der Waals surface area contributed by atoms with E-state index in [1.54, 1.807) is 31.4 Å². The van der Waals surface area contributed by atoms with Crippen molar-refractivity contribution in [1.29, 1.82) is 0 Å². The van der Waals surface area contributed by atoms with E-state index in [1.807, 2.05) is 0 Å². The first-order chi connectivity index (χ1) is 12.5. The molecule has 0 saturated heterocycles. The molecule has 134 valence electrons. The van der Waals surface area contributed by atoms with Crippen LogP contribution in [0.1, 0.15) is 17.3 Å². The van der Waals surface area contributed by atoms with Gasteiger partial charge in [-0.3, -0.25) is 9.59 Å². The van der Waals surface area contributed by atoms with Crippen molar-refractivity contribution in [2.75, 3.05) is 21.3 Å². The van der Waals surface area contributed by atoms with E-state index in [9.17, 15) is 9.59 Å². The molecule has 0 aliphatic heterocycles. The minimum atomic E-state index is -0.306. The Morgan fingerprint density at radius 2 is 1.58 bits per heavy atom. The summed E-state index contributed by atoms with van der Waals surface area (Å²) in [4.78, 5) is 24.9. The summed E-state index contributed by atoms with van der Waals surface area (Å²) in [5.41, 5.74) is 0.725. The fourth-order valence-electron chi connectivity index (χ4n) is 2.83. The fraction of sp³-hybridized carbons (Fsp3) is 0.200. The molecule has 0 aliphatic carbocycles. The van der Waals surface area contributed by atoms with Gasteiger partial charge >= 0.3 is 0 Å². The van der Waals surface area contributed by atoms with Crippen LogP contribution in [-0.4, -0.2) is 27.1 Å². The average Bonchev–Trinajstić information content (AvgIpc) is 2.66. The standard InChI is InChI=1S/C20H18O6/c1-11(21)18-16(24-3)10-17(25-4)19-14(22)9-15(26-20(18)19)12-5-7-13(23-2)8-6-12/h5-10H,1-4H3. The van der Waals surface area contributed by atoms with Crippen LogP contribution >= 0.6 is 0 Å². The summed E-state index contributed by atoms with van der Waals surface area (Å²) in [7, 11) is 4.46. The topological polar surface area (TPSA) is 75.0 Å². The maximum absolute atomic E-state index is 12.7. The number of rotatable bonds is 5. The molecule has 0 radical (unpaired) electrons. The molecule has 0 atom stereocenters. The highest BCUT2D eigenvalue weighted by Crippen LogP contribution is 2.36. The van der Waals surface area contributed by atoms with Crippen LogP contribution in [-0.2, 0) is 0 Å². The molecule has 1 aromatic heterocycles. The van der Waals surface area contributed by atoms with Crippen LogP contribution in [0.3, 0.4) is 0 Å². The number of fused-ring (bicyclic) bond motifs is 1. The van der Waals surface area contributed by atoms with Gasteiger partial charge in [0.2, 0.25) is 0 Å². The number of ketones is 1. The largest absolute Gasteiger partial charge is 0.497 e. The molecular formula is C20H18O6. The minimum Gasteiger partial charge on any atom is -0.497 e. The smallest absolute Gasteiger partial charge is 0.197 e. The first-order valence-electron chi connectivity index (χ1n) is 7.88. The van der Waals surface area contributed by atoms with Crippen molar-refractivity contribution < 1.29 is 23.4 Å². The monoisotopic (exact) mass is 354 g/mol. The molecule has 26 heavy (non-hydrogen) atoms. The number of carbonyl (C=O) groups is 1. The Morgan fingerprint density at radius 1 is 0.923 bits per heavy atom. The van der Waals surface area contributed by atoms with Crippen molar-refractivity contribution in [2.45, 2.75) is 6.92 Å². The zero-order valence-corrected chi connectivity index (χ0v) is 14.9. The quantitative estimate of drug-likeness (QED) is 0.651. The first-order valence-corrected chi connectivity index (χ1v) is 7.88. The number of hydrogen-bond acceptors (Lipinski definition) is 6. The molecule has 1 heterocycles. The molecule has 0 amide bonds. The zero-order chi connectivity index (χ0) is 18.8. The highest BCUT2D eigenvalue weighted by atomic mass is 16.5. The fourth-order valence-corrected chi connectivity index (χ4v) is 2.83. The number of ether oxygens (including phenoxy) is 3. The molecule has 3 aromatic rings. The van der Waals surface area contributed by atoms with Crippen molar-refractivity contribution in [3.63, 3.8) is 0 Å². The van der Waals surface area contributed by atoms with Crippen LogP contribution in [0.2, 0.25) is 0 Å². The van der Waals surface area contributed by atoms with Crippen LogP contribution in [0.15, 0.2) is 45.6 Å². The molecule has 0 saturated carbocycles. The third-order valence-electron chi connectivity index (χ3n) is 4.10. The average molecular weight is 354 g/mol. The summed E-state index contributed by atoms with van der Waals surface area (Å²) in [6.45, 7) is 1.39. The molecule has 0 aliphatic rings. The zero-order valence-electron chi connectivity index (χ0n) is 14.9. The summed E-state index contributed by atoms with van der Waals surface area (Å²) in [5, 5.41) is 0.204. The minimum absolute atomic E-state index is 0.145. The van der Waals surface area contributed by atoms with E-state index in [-0.39, 0.29) is 39.2 Å². The second kappa shape index (κ2) is 6.92. The molecule has 0 spiro atoms. The number of hydrogen-bond donors (Lipinski definition) is 0. The predicted molar refractivity (Wildman–Crippen MR) is 97.6 cm³/mol. The number of Topliss-reactive ketones (excluding diaryl/α,β-unsaturated/α-hetero) is 1. The normalized spacial score (nSPS) is 10.6. The highest BCUT2D eigenvalue weighted by Gasteiger charge is 2.22. The molecular weight excluding hydrogens is 336 g/mol. The Kier molecular flexibility index (Phi) is 4.67. The lowest BCUT2D eigenvalue weighted by Crippen LogP contribution is -2.08. The molecule has 6 heteroatoms. The van der Waals surface area contributed by atoms with Gasteiger partial charge in [-0.15, -0.1) is 0 Å². The van der Waals surface area contributed by atoms with Crippen molar-refractivity contribution in [2.24, 2.45) is 0 Å². The van der Waals surface area contributed by atoms with E-state index < -0.39 is 0 Å². The Morgan fingerprint density at radius 3 is 2.12 bits per heavy atom. The third-order valence-corrected chi connectivity index (χ3v) is 4.10. The summed E-state index contributed by atoms with van der Waals surface area (Å²) in [6, 6.07) is 9.96. The van der Waals surface area contributed by atoms with E-state index in [0.29, 0.717) is 17.1 Å². The van der Waals surface area contributed by atoms with Crippen LogP contribution in [0, 0.1) is 0 Å². The lowest BCUT2D eigenvalue weighted by molar-refractivity contribution is 0.101. The van der Waals surface area contributed by atoms with Gasteiger partial charge in [0.05, 0.1) is 21.3 Å². The van der Waals surface area contributed by atoms with Crippen molar-refractivity contribution >= 4 is 16.8 Å². The third kappa shape index (κ3) is 2.90. The molecule has 0 N–H and O–H groups in total. The van der Waals surface area contributed by atoms with Gasteiger partial charge < -0.3 is 18.6 Å². The van der Waals surface area contributed by atoms with Gasteiger partial charge in [-0.2, -0.15) is 0 Å². The number of methoxy groups -OCH3 is 3. The van der Waals surface area contributed by atoms with Crippen molar-refractivity contribution in [3.8, 4) is 28.6 Å². The van der Waals surface area contributed by atoms with Crippen LogP contribution in [0.4, 0.5) is 0 Å². The van der Waals surface area contributed by atoms with Crippen LogP contribution < -0.4 is 19.6 Å². The van der Waals surface area contributed by atoms with Gasteiger partial charge in [0.25, 0.3) is 0 Å². The lowest BCUT2D eigenvalue weighted by atomic mass is 10.0. The summed E-state index contributed by atoms with van der Waals surface area (Å²) >= 11 is 0. The number of carbonyl (C=O) groups excluding carboxylic acids is 1. The van der Waals surface area contributed by atoms with Gasteiger partial charge in [-0.25, -0.2) is 0 Å². The Hall–Kier alpha value is -3.28. The molecule has 3 rings (SSSR count). The lowest BCUT2D eigenvalue weighted by Gasteiger charge is -2.13. The Balaban J connectivity index is 2.36. The van der Waals surface area contributed by atoms with Crippen molar-refractivity contribution in [3.05, 3.63) is 52.2 Å². The van der Waals surface area contributed by atoms with Gasteiger partial charge in [-0.05, 0) is 31.2 Å². The van der Waals surface area contributed by atoms with E-state index in [1.165, 1.54) is 33.3 Å². The van der Waals surface area contributed by atoms with Crippen LogP contribution in [0.25, 0.3) is 22.3 Å². The first kappa shape index (κ1) is 17.5. The molecule has 2 aromatic carbocycles. The SMILES string of the molecule is COc1ccc(-c2cc(=O)c3c(OC)cc(OC)c(C(C)=O)c3o2)cc1. The Bertz CT molecular complexity index is 1030. The summed E-state index contributed by atoms with van der Waals surface area (Å²) in [5.74, 6) is 1.32. The van der Waals surface area contributed by atoms with Gasteiger partial charge in [0, 0.05) is 17.7 Å². The van der Waals surface area contributed by atoms with Gasteiger partial charge in [-0.1, -0.05) is 0 Å². The maximum atomic E-state index is 12.7. The van der Waals surface area contributed by atoms with E-state index in [0.717, 1.165) is 0 Å². The molecule has 0 fully saturated rings. The van der Waals surface area contributed by atoms with Crippen LogP contribution in [0.5, 0.6) is 17.2 Å². The predicted octanol–water partition coefficient (Wildman–Crippen LogP) is 3.69. The molecule has 0 bridgehead atoms. The van der Waals surface area contributed by atoms with Gasteiger partial charge in [0.1, 0.15) is 34.0 Å². The summed E-state index contributed by atoms with van der Waals surface area (Å²) < 4.78 is 21.7. The molecule has 6 nitrogen and oxygen atoms in total. The second-order valence-electron chi connectivity index (χ2n) is 5.62. The van der Waals surface area contributed by atoms with E-state index >= 15 is 0 Å². The highest BCUT2D eigenvalue weighted by molar-refractivity contribution is 6.09. The summed E-state index contributed by atoms with van der Waals surface area (Å²) in [6.07, 6.45) is 0. The van der Waals surface area contributed by atoms with E-state index in [2.05, 4.69) is 0 Å². The van der Waals surface area contributed by atoms with Gasteiger partial charge in [0.15, 0.2) is 16.8 Å². The maximum Gasteiger partial charge on any atom is 0.197 e. The Labute approximate surface area is 149 Å². The molecule has 0 unspecified atom stereocenters. The van der Waals surface area contributed by atoms with Crippen molar-refractivity contribution in [1.82, 2.24) is 0 Å². The van der Waals surface area contributed by atoms with E-state index in [4.69, 9.17) is 18.6 Å². The second-order valence-corrected chi connectivity index (χ2v) is 5.62. The number of benzene rings is 2.